The lowest BCUT2D eigenvalue weighted by molar-refractivity contribution is 0.670. The van der Waals surface area contributed by atoms with Gasteiger partial charge in [0.1, 0.15) is 11.2 Å². The number of rotatable bonds is 3. The van der Waals surface area contributed by atoms with Crippen molar-refractivity contribution in [2.24, 2.45) is 0 Å². The van der Waals surface area contributed by atoms with Crippen molar-refractivity contribution in [1.29, 1.82) is 0 Å². The van der Waals surface area contributed by atoms with Crippen LogP contribution in [0, 0.1) is 0 Å². The lowest BCUT2D eigenvalue weighted by Crippen LogP contribution is -1.91. The normalized spacial score (nSPS) is 11.9. The fraction of sp³-hybridized carbons (Fsp3) is 0. The topological polar surface area (TPSA) is 13.1 Å². The van der Waals surface area contributed by atoms with Crippen LogP contribution >= 0.6 is 0 Å². The predicted octanol–water partition coefficient (Wildman–Crippen LogP) is 11.5. The summed E-state index contributed by atoms with van der Waals surface area (Å²) >= 11 is 0. The van der Waals surface area contributed by atoms with E-state index in [0.29, 0.717) is 0 Å². The molecular weight excluding hydrogens is 496 g/mol. The van der Waals surface area contributed by atoms with E-state index in [1.54, 1.807) is 0 Å². The maximum atomic E-state index is 6.34. The monoisotopic (exact) mass is 520 g/mol. The highest BCUT2D eigenvalue weighted by Crippen LogP contribution is 2.44. The third-order valence-electron chi connectivity index (χ3n) is 8.64. The fourth-order valence-corrected chi connectivity index (χ4v) is 6.73. The SMILES string of the molecule is c1ccc(-c2cc(-c3ccc(-c4cccc5c4oc4ccccc45)cc3)c3ccc4cccc5ccc2c3c54)cc1. The molecule has 1 heterocycles. The molecular formula is C40H24O. The highest BCUT2D eigenvalue weighted by molar-refractivity contribution is 6.28. The number of para-hydroxylation sites is 2. The van der Waals surface area contributed by atoms with Crippen molar-refractivity contribution in [3.05, 3.63) is 146 Å². The summed E-state index contributed by atoms with van der Waals surface area (Å²) in [6.45, 7) is 0. The van der Waals surface area contributed by atoms with Crippen LogP contribution in [0.1, 0.15) is 0 Å². The zero-order valence-electron chi connectivity index (χ0n) is 22.3. The Balaban J connectivity index is 1.28. The van der Waals surface area contributed by atoms with Crippen LogP contribution in [0.2, 0.25) is 0 Å². The molecule has 190 valence electrons. The van der Waals surface area contributed by atoms with Gasteiger partial charge < -0.3 is 4.42 Å². The molecule has 9 rings (SSSR count). The molecule has 0 aliphatic rings. The molecule has 0 amide bonds. The minimum absolute atomic E-state index is 0.925. The Kier molecular flexibility index (Phi) is 4.67. The zero-order chi connectivity index (χ0) is 26.9. The van der Waals surface area contributed by atoms with Gasteiger partial charge in [-0.05, 0) is 72.3 Å². The number of benzene rings is 8. The van der Waals surface area contributed by atoms with E-state index in [-0.39, 0.29) is 0 Å². The Morgan fingerprint density at radius 2 is 0.927 bits per heavy atom. The molecule has 0 saturated heterocycles. The van der Waals surface area contributed by atoms with Gasteiger partial charge in [0.05, 0.1) is 0 Å². The van der Waals surface area contributed by atoms with Crippen LogP contribution in [0.25, 0.3) is 87.6 Å². The number of hydrogen-bond donors (Lipinski definition) is 0. The van der Waals surface area contributed by atoms with Crippen molar-refractivity contribution in [3.63, 3.8) is 0 Å². The minimum atomic E-state index is 0.925. The second-order valence-corrected chi connectivity index (χ2v) is 10.9. The van der Waals surface area contributed by atoms with Gasteiger partial charge >= 0.3 is 0 Å². The minimum Gasteiger partial charge on any atom is -0.455 e. The summed E-state index contributed by atoms with van der Waals surface area (Å²) in [6, 6.07) is 52.6. The lowest BCUT2D eigenvalue weighted by Gasteiger charge is -2.18. The highest BCUT2D eigenvalue weighted by Gasteiger charge is 2.17. The van der Waals surface area contributed by atoms with Crippen molar-refractivity contribution in [2.45, 2.75) is 0 Å². The van der Waals surface area contributed by atoms with Gasteiger partial charge in [-0.1, -0.05) is 133 Å². The van der Waals surface area contributed by atoms with Crippen LogP contribution in [-0.4, -0.2) is 0 Å². The maximum Gasteiger partial charge on any atom is 0.143 e. The van der Waals surface area contributed by atoms with Crippen molar-refractivity contribution < 1.29 is 4.42 Å². The van der Waals surface area contributed by atoms with Crippen LogP contribution in [0.3, 0.4) is 0 Å². The maximum absolute atomic E-state index is 6.34. The summed E-state index contributed by atoms with van der Waals surface area (Å²) < 4.78 is 6.34. The molecule has 0 radical (unpaired) electrons. The van der Waals surface area contributed by atoms with Gasteiger partial charge in [-0.15, -0.1) is 0 Å². The van der Waals surface area contributed by atoms with Crippen molar-refractivity contribution >= 4 is 54.3 Å². The molecule has 1 heteroatoms. The zero-order valence-corrected chi connectivity index (χ0v) is 22.3. The molecule has 0 fully saturated rings. The standard InChI is InChI=1S/C40H24O/c1-2-8-25(9-3-1)35-24-36(33-23-21-29-11-6-10-28-20-22-32(35)39(33)38(28)29)27-18-16-26(17-19-27)30-13-7-14-34-31-12-4-5-15-37(31)41-40(30)34/h1-24H. The van der Waals surface area contributed by atoms with Gasteiger partial charge in [-0.3, -0.25) is 0 Å². The van der Waals surface area contributed by atoms with Crippen molar-refractivity contribution in [3.8, 4) is 33.4 Å². The molecule has 0 unspecified atom stereocenters. The quantitative estimate of drug-likeness (QED) is 0.211. The Bertz CT molecular complexity index is 2380. The second kappa shape index (κ2) is 8.55. The van der Waals surface area contributed by atoms with Gasteiger partial charge in [-0.2, -0.15) is 0 Å². The Morgan fingerprint density at radius 1 is 0.341 bits per heavy atom. The number of furan rings is 1. The van der Waals surface area contributed by atoms with Crippen LogP contribution in [0.5, 0.6) is 0 Å². The van der Waals surface area contributed by atoms with Gasteiger partial charge in [0.2, 0.25) is 0 Å². The first-order valence-electron chi connectivity index (χ1n) is 14.1. The van der Waals surface area contributed by atoms with Crippen molar-refractivity contribution in [2.75, 3.05) is 0 Å². The first-order valence-corrected chi connectivity index (χ1v) is 14.1. The van der Waals surface area contributed by atoms with Gasteiger partial charge in [0.25, 0.3) is 0 Å². The molecule has 0 aliphatic carbocycles. The summed E-state index contributed by atoms with van der Waals surface area (Å²) in [5.74, 6) is 0. The van der Waals surface area contributed by atoms with Gasteiger partial charge in [0.15, 0.2) is 0 Å². The average molecular weight is 521 g/mol. The van der Waals surface area contributed by atoms with Crippen LogP contribution in [-0.2, 0) is 0 Å². The predicted molar refractivity (Wildman–Crippen MR) is 174 cm³/mol. The Hall–Kier alpha value is -5.40. The number of hydrogen-bond acceptors (Lipinski definition) is 1. The van der Waals surface area contributed by atoms with E-state index in [1.165, 1.54) is 54.6 Å². The van der Waals surface area contributed by atoms with E-state index in [0.717, 1.165) is 33.1 Å². The first kappa shape index (κ1) is 22.4. The van der Waals surface area contributed by atoms with E-state index in [2.05, 4.69) is 133 Å². The smallest absolute Gasteiger partial charge is 0.143 e. The Morgan fingerprint density at radius 3 is 1.66 bits per heavy atom. The fourth-order valence-electron chi connectivity index (χ4n) is 6.73. The summed E-state index contributed by atoms with van der Waals surface area (Å²) in [4.78, 5) is 0. The molecule has 41 heavy (non-hydrogen) atoms. The largest absolute Gasteiger partial charge is 0.455 e. The van der Waals surface area contributed by atoms with E-state index in [9.17, 15) is 0 Å². The molecule has 0 saturated carbocycles. The average Bonchev–Trinajstić information content (AvgIpc) is 3.43. The van der Waals surface area contributed by atoms with Crippen molar-refractivity contribution in [1.82, 2.24) is 0 Å². The van der Waals surface area contributed by atoms with Crippen LogP contribution < -0.4 is 0 Å². The Labute approximate surface area is 237 Å². The molecule has 1 nitrogen and oxygen atoms in total. The lowest BCUT2D eigenvalue weighted by atomic mass is 9.85. The van der Waals surface area contributed by atoms with E-state index in [4.69, 9.17) is 4.42 Å². The van der Waals surface area contributed by atoms with Crippen LogP contribution in [0.4, 0.5) is 0 Å². The molecule has 0 bridgehead atoms. The molecule has 0 N–H and O–H groups in total. The summed E-state index contributed by atoms with van der Waals surface area (Å²) in [5, 5.41) is 10.1. The summed E-state index contributed by atoms with van der Waals surface area (Å²) in [6.07, 6.45) is 0. The summed E-state index contributed by atoms with van der Waals surface area (Å²) in [5.41, 5.74) is 9.10. The molecule has 8 aromatic carbocycles. The molecule has 0 aliphatic heterocycles. The number of fused-ring (bicyclic) bond motifs is 3. The van der Waals surface area contributed by atoms with E-state index < -0.39 is 0 Å². The molecule has 0 atom stereocenters. The molecule has 1 aromatic heterocycles. The second-order valence-electron chi connectivity index (χ2n) is 10.9. The first-order chi connectivity index (χ1) is 20.3. The third kappa shape index (κ3) is 3.30. The van der Waals surface area contributed by atoms with Crippen LogP contribution in [0.15, 0.2) is 150 Å². The van der Waals surface area contributed by atoms with Gasteiger partial charge in [0, 0.05) is 16.3 Å². The molecule has 9 aromatic rings. The van der Waals surface area contributed by atoms with Gasteiger partial charge in [-0.25, -0.2) is 0 Å². The van der Waals surface area contributed by atoms with E-state index >= 15 is 0 Å². The summed E-state index contributed by atoms with van der Waals surface area (Å²) in [7, 11) is 0. The van der Waals surface area contributed by atoms with E-state index in [1.807, 2.05) is 12.1 Å². The molecule has 0 spiro atoms. The third-order valence-corrected chi connectivity index (χ3v) is 8.64. The highest BCUT2D eigenvalue weighted by atomic mass is 16.3.